The third-order valence-corrected chi connectivity index (χ3v) is 8.65. The number of carbonyl (C=O) groups excluding carboxylic acids is 2. The summed E-state index contributed by atoms with van der Waals surface area (Å²) in [7, 11) is 1.65. The highest BCUT2D eigenvalue weighted by Gasteiger charge is 2.42. The number of nitrogens with zero attached hydrogens (tertiary/aromatic N) is 2. The number of carbonyl (C=O) groups is 2. The summed E-state index contributed by atoms with van der Waals surface area (Å²) in [5.74, 6) is 0.701. The summed E-state index contributed by atoms with van der Waals surface area (Å²) in [4.78, 5) is 32.9. The Kier molecular flexibility index (Phi) is 8.01. The minimum atomic E-state index is -0.589. The molecule has 43 heavy (non-hydrogen) atoms. The molecule has 4 aromatic rings. The van der Waals surface area contributed by atoms with Gasteiger partial charge < -0.3 is 15.0 Å². The number of hydrogen-bond acceptors (Lipinski definition) is 5. The number of rotatable bonds is 7. The molecule has 4 aromatic carbocycles. The quantitative estimate of drug-likeness (QED) is 0.246. The molecular weight excluding hydrogens is 534 g/mol. The van der Waals surface area contributed by atoms with E-state index in [0.717, 1.165) is 52.7 Å². The minimum absolute atomic E-state index is 0.0129. The maximum Gasteiger partial charge on any atom is 0.259 e. The van der Waals surface area contributed by atoms with Crippen LogP contribution in [-0.2, 0) is 4.79 Å². The number of hydrogen-bond donors (Lipinski definition) is 1. The monoisotopic (exact) mass is 571 g/mol. The van der Waals surface area contributed by atoms with Gasteiger partial charge in [-0.15, -0.1) is 0 Å². The van der Waals surface area contributed by atoms with Gasteiger partial charge in [0, 0.05) is 42.0 Å². The van der Waals surface area contributed by atoms with Crippen molar-refractivity contribution in [1.82, 2.24) is 0 Å². The number of methoxy groups -OCH3 is 1. The Balaban J connectivity index is 1.52. The number of benzene rings is 4. The van der Waals surface area contributed by atoms with Crippen LogP contribution in [0.15, 0.2) is 114 Å². The van der Waals surface area contributed by atoms with Gasteiger partial charge in [0.15, 0.2) is 5.78 Å². The van der Waals surface area contributed by atoms with Crippen molar-refractivity contribution >= 4 is 28.8 Å². The summed E-state index contributed by atoms with van der Waals surface area (Å²) < 4.78 is 5.36. The molecular formula is C37H37N3O3. The molecule has 6 nitrogen and oxygen atoms in total. The van der Waals surface area contributed by atoms with E-state index >= 15 is 0 Å². The molecule has 2 aliphatic rings. The van der Waals surface area contributed by atoms with Crippen LogP contribution in [0.4, 0.5) is 17.1 Å². The van der Waals surface area contributed by atoms with E-state index in [4.69, 9.17) is 4.74 Å². The number of ether oxygens (including phenoxy) is 1. The SMILES string of the molecule is CCN(CC)c1ccc([C@@H]2C3=C(C[C@@H](c4ccc(OC)cc4)CC3=O)Nc3ccccc3N2C(=O)c2ccccc2)cc1. The molecule has 0 fully saturated rings. The van der Waals surface area contributed by atoms with Gasteiger partial charge in [0.2, 0.25) is 0 Å². The zero-order valence-electron chi connectivity index (χ0n) is 24.9. The molecule has 1 heterocycles. The van der Waals surface area contributed by atoms with E-state index in [1.807, 2.05) is 83.8 Å². The van der Waals surface area contributed by atoms with Crippen molar-refractivity contribution in [3.05, 3.63) is 131 Å². The number of allylic oxidation sites excluding steroid dienone is 1. The Morgan fingerprint density at radius 1 is 0.837 bits per heavy atom. The van der Waals surface area contributed by atoms with Crippen LogP contribution >= 0.6 is 0 Å². The van der Waals surface area contributed by atoms with Crippen LogP contribution in [0.1, 0.15) is 60.1 Å². The molecule has 2 atom stereocenters. The topological polar surface area (TPSA) is 61.9 Å². The zero-order valence-corrected chi connectivity index (χ0v) is 24.9. The number of ketones is 1. The largest absolute Gasteiger partial charge is 0.497 e. The molecule has 6 rings (SSSR count). The van der Waals surface area contributed by atoms with Crippen molar-refractivity contribution in [3.8, 4) is 5.75 Å². The van der Waals surface area contributed by atoms with Gasteiger partial charge in [0.1, 0.15) is 5.75 Å². The second kappa shape index (κ2) is 12.2. The Labute approximate surface area is 253 Å². The maximum absolute atomic E-state index is 14.4. The number of anilines is 3. The first-order chi connectivity index (χ1) is 21.0. The summed E-state index contributed by atoms with van der Waals surface area (Å²) in [6.07, 6.45) is 1.02. The van der Waals surface area contributed by atoms with E-state index in [1.54, 1.807) is 7.11 Å². The number of amides is 1. The first-order valence-electron chi connectivity index (χ1n) is 15.0. The molecule has 0 bridgehead atoms. The fraction of sp³-hybridized carbons (Fsp3) is 0.243. The zero-order chi connectivity index (χ0) is 29.9. The highest BCUT2D eigenvalue weighted by molar-refractivity contribution is 6.12. The molecule has 0 spiro atoms. The van der Waals surface area contributed by atoms with Gasteiger partial charge in [-0.1, -0.05) is 54.6 Å². The van der Waals surface area contributed by atoms with Crippen LogP contribution in [0.2, 0.25) is 0 Å². The Morgan fingerprint density at radius 3 is 2.16 bits per heavy atom. The first kappa shape index (κ1) is 28.3. The van der Waals surface area contributed by atoms with E-state index in [-0.39, 0.29) is 17.6 Å². The standard InChI is InChI=1S/C37H37N3O3/c1-4-39(5-2)29-19-15-26(16-20-29)36-35-32(23-28(24-34(35)41)25-17-21-30(43-3)22-18-25)38-31-13-9-10-14-33(31)40(36)37(42)27-11-7-6-8-12-27/h6-22,28,36,38H,4-5,23-24H2,1-3H3/t28-,36-/m1/s1. The van der Waals surface area contributed by atoms with Gasteiger partial charge in [-0.2, -0.15) is 0 Å². The average molecular weight is 572 g/mol. The maximum atomic E-state index is 14.4. The Bertz CT molecular complexity index is 1640. The van der Waals surface area contributed by atoms with Gasteiger partial charge in [-0.25, -0.2) is 0 Å². The molecule has 6 heteroatoms. The molecule has 1 N–H and O–H groups in total. The fourth-order valence-electron chi connectivity index (χ4n) is 6.42. The lowest BCUT2D eigenvalue weighted by Crippen LogP contribution is -2.38. The van der Waals surface area contributed by atoms with Gasteiger partial charge in [0.05, 0.1) is 24.5 Å². The minimum Gasteiger partial charge on any atom is -0.497 e. The normalized spacial score (nSPS) is 17.8. The van der Waals surface area contributed by atoms with Crippen molar-refractivity contribution in [3.63, 3.8) is 0 Å². The summed E-state index contributed by atoms with van der Waals surface area (Å²) in [6.45, 7) is 6.08. The van der Waals surface area contributed by atoms with Crippen molar-refractivity contribution < 1.29 is 14.3 Å². The van der Waals surface area contributed by atoms with Crippen molar-refractivity contribution in [2.24, 2.45) is 0 Å². The van der Waals surface area contributed by atoms with E-state index < -0.39 is 6.04 Å². The summed E-state index contributed by atoms with van der Waals surface area (Å²) in [5, 5.41) is 3.63. The highest BCUT2D eigenvalue weighted by Crippen LogP contribution is 2.48. The van der Waals surface area contributed by atoms with Gasteiger partial charge in [0.25, 0.3) is 5.91 Å². The lowest BCUT2D eigenvalue weighted by Gasteiger charge is -2.35. The van der Waals surface area contributed by atoms with Crippen LogP contribution in [0.25, 0.3) is 0 Å². The molecule has 218 valence electrons. The van der Waals surface area contributed by atoms with Gasteiger partial charge in [-0.3, -0.25) is 14.5 Å². The number of para-hydroxylation sites is 2. The van der Waals surface area contributed by atoms with E-state index in [0.29, 0.717) is 24.0 Å². The van der Waals surface area contributed by atoms with Crippen molar-refractivity contribution in [2.45, 2.75) is 38.6 Å². The van der Waals surface area contributed by atoms with E-state index in [1.165, 1.54) is 0 Å². The smallest absolute Gasteiger partial charge is 0.259 e. The molecule has 0 saturated heterocycles. The average Bonchev–Trinajstić information content (AvgIpc) is 3.20. The summed E-state index contributed by atoms with van der Waals surface area (Å²) in [5.41, 5.74) is 6.77. The molecule has 1 amide bonds. The highest BCUT2D eigenvalue weighted by atomic mass is 16.5. The number of Topliss-reactive ketones (excluding diaryl/α,β-unsaturated/α-hetero) is 1. The lowest BCUT2D eigenvalue weighted by atomic mass is 9.78. The van der Waals surface area contributed by atoms with E-state index in [2.05, 4.69) is 48.3 Å². The molecule has 0 aromatic heterocycles. The summed E-state index contributed by atoms with van der Waals surface area (Å²) >= 11 is 0. The third kappa shape index (κ3) is 5.41. The lowest BCUT2D eigenvalue weighted by molar-refractivity contribution is -0.116. The van der Waals surface area contributed by atoms with Crippen molar-refractivity contribution in [2.75, 3.05) is 35.3 Å². The predicted molar refractivity (Wildman–Crippen MR) is 173 cm³/mol. The van der Waals surface area contributed by atoms with Crippen LogP contribution in [0, 0.1) is 0 Å². The van der Waals surface area contributed by atoms with Crippen LogP contribution in [-0.4, -0.2) is 31.9 Å². The van der Waals surface area contributed by atoms with Crippen LogP contribution in [0.5, 0.6) is 5.75 Å². The predicted octanol–water partition coefficient (Wildman–Crippen LogP) is 7.76. The second-order valence-electron chi connectivity index (χ2n) is 11.0. The Morgan fingerprint density at radius 2 is 1.49 bits per heavy atom. The van der Waals surface area contributed by atoms with Crippen LogP contribution in [0.3, 0.4) is 0 Å². The van der Waals surface area contributed by atoms with Crippen LogP contribution < -0.4 is 19.9 Å². The third-order valence-electron chi connectivity index (χ3n) is 8.65. The molecule has 1 aliphatic heterocycles. The van der Waals surface area contributed by atoms with Gasteiger partial charge >= 0.3 is 0 Å². The number of nitrogens with one attached hydrogen (secondary N) is 1. The molecule has 0 saturated carbocycles. The Hall–Kier alpha value is -4.84. The second-order valence-corrected chi connectivity index (χ2v) is 11.0. The van der Waals surface area contributed by atoms with Gasteiger partial charge in [-0.05, 0) is 85.8 Å². The molecule has 0 unspecified atom stereocenters. The number of fused-ring (bicyclic) bond motifs is 1. The molecule has 1 aliphatic carbocycles. The fourth-order valence-corrected chi connectivity index (χ4v) is 6.42. The van der Waals surface area contributed by atoms with E-state index in [9.17, 15) is 9.59 Å². The first-order valence-corrected chi connectivity index (χ1v) is 15.0. The summed E-state index contributed by atoms with van der Waals surface area (Å²) in [6, 6.07) is 32.9. The molecule has 0 radical (unpaired) electrons. The van der Waals surface area contributed by atoms with Crippen molar-refractivity contribution in [1.29, 1.82) is 0 Å².